The summed E-state index contributed by atoms with van der Waals surface area (Å²) in [4.78, 5) is 0. The van der Waals surface area contributed by atoms with Crippen LogP contribution in [0, 0.1) is 11.6 Å². The van der Waals surface area contributed by atoms with Crippen LogP contribution in [0.4, 0.5) is 8.78 Å². The Morgan fingerprint density at radius 2 is 1.75 bits per heavy atom. The summed E-state index contributed by atoms with van der Waals surface area (Å²) >= 11 is 0. The number of nitrogens with one attached hydrogen (secondary N) is 1. The maximum atomic E-state index is 14.0. The molecule has 4 heteroatoms. The fraction of sp³-hybridized carbons (Fsp3) is 0.250. The van der Waals surface area contributed by atoms with Crippen molar-refractivity contribution >= 4 is 0 Å². The molecule has 1 fully saturated rings. The SMILES string of the molecule is NNC(c1cc(F)ccc1F)C1(c2ccccc2)CC1. The van der Waals surface area contributed by atoms with Crippen LogP contribution >= 0.6 is 0 Å². The zero-order valence-corrected chi connectivity index (χ0v) is 10.9. The first kappa shape index (κ1) is 13.2. The zero-order chi connectivity index (χ0) is 14.2. The van der Waals surface area contributed by atoms with E-state index in [1.807, 2.05) is 30.3 Å². The highest BCUT2D eigenvalue weighted by molar-refractivity contribution is 5.39. The Kier molecular flexibility index (Phi) is 3.28. The average Bonchev–Trinajstić information content (AvgIpc) is 3.26. The molecule has 0 aliphatic heterocycles. The predicted molar refractivity (Wildman–Crippen MR) is 73.8 cm³/mol. The number of hydrazine groups is 1. The summed E-state index contributed by atoms with van der Waals surface area (Å²) < 4.78 is 27.4. The van der Waals surface area contributed by atoms with E-state index in [9.17, 15) is 8.78 Å². The molecule has 0 aromatic heterocycles. The van der Waals surface area contributed by atoms with Crippen molar-refractivity contribution in [3.05, 3.63) is 71.3 Å². The molecule has 0 bridgehead atoms. The zero-order valence-electron chi connectivity index (χ0n) is 10.9. The third kappa shape index (κ3) is 2.11. The van der Waals surface area contributed by atoms with Gasteiger partial charge < -0.3 is 0 Å². The van der Waals surface area contributed by atoms with E-state index in [-0.39, 0.29) is 11.0 Å². The van der Waals surface area contributed by atoms with Gasteiger partial charge >= 0.3 is 0 Å². The van der Waals surface area contributed by atoms with Crippen molar-refractivity contribution < 1.29 is 8.78 Å². The molecular formula is C16H16F2N2. The van der Waals surface area contributed by atoms with E-state index in [1.54, 1.807) is 0 Å². The summed E-state index contributed by atoms with van der Waals surface area (Å²) in [6.45, 7) is 0. The lowest BCUT2D eigenvalue weighted by Crippen LogP contribution is -2.37. The molecule has 1 aliphatic carbocycles. The molecule has 1 aliphatic rings. The van der Waals surface area contributed by atoms with Crippen molar-refractivity contribution in [1.82, 2.24) is 5.43 Å². The molecule has 3 rings (SSSR count). The first-order chi connectivity index (χ1) is 9.67. The number of rotatable bonds is 4. The summed E-state index contributed by atoms with van der Waals surface area (Å²) in [5.74, 6) is 4.76. The third-order valence-corrected chi connectivity index (χ3v) is 4.13. The highest BCUT2D eigenvalue weighted by atomic mass is 19.1. The van der Waals surface area contributed by atoms with Gasteiger partial charge in [0.05, 0.1) is 6.04 Å². The van der Waals surface area contributed by atoms with Crippen LogP contribution in [0.5, 0.6) is 0 Å². The first-order valence-electron chi connectivity index (χ1n) is 6.64. The Hall–Kier alpha value is -1.78. The normalized spacial score (nSPS) is 17.8. The third-order valence-electron chi connectivity index (χ3n) is 4.13. The van der Waals surface area contributed by atoms with Gasteiger partial charge in [0.2, 0.25) is 0 Å². The Balaban J connectivity index is 2.04. The van der Waals surface area contributed by atoms with Gasteiger partial charge in [-0.1, -0.05) is 30.3 Å². The van der Waals surface area contributed by atoms with Crippen molar-refractivity contribution in [3.63, 3.8) is 0 Å². The minimum absolute atomic E-state index is 0.245. The van der Waals surface area contributed by atoms with Crippen molar-refractivity contribution in [3.8, 4) is 0 Å². The summed E-state index contributed by atoms with van der Waals surface area (Å²) in [5, 5.41) is 0. The maximum Gasteiger partial charge on any atom is 0.128 e. The van der Waals surface area contributed by atoms with Crippen LogP contribution in [-0.2, 0) is 5.41 Å². The second-order valence-electron chi connectivity index (χ2n) is 5.29. The van der Waals surface area contributed by atoms with E-state index in [4.69, 9.17) is 5.84 Å². The Bertz CT molecular complexity index is 609. The molecule has 0 spiro atoms. The van der Waals surface area contributed by atoms with E-state index < -0.39 is 17.7 Å². The molecule has 104 valence electrons. The minimum Gasteiger partial charge on any atom is -0.271 e. The van der Waals surface area contributed by atoms with Gasteiger partial charge in [-0.05, 0) is 36.6 Å². The summed E-state index contributed by atoms with van der Waals surface area (Å²) in [7, 11) is 0. The topological polar surface area (TPSA) is 38.0 Å². The van der Waals surface area contributed by atoms with Crippen molar-refractivity contribution in [1.29, 1.82) is 0 Å². The Labute approximate surface area is 116 Å². The molecule has 3 N–H and O–H groups in total. The summed E-state index contributed by atoms with van der Waals surface area (Å²) in [6.07, 6.45) is 1.81. The lowest BCUT2D eigenvalue weighted by Gasteiger charge is -2.27. The second kappa shape index (κ2) is 4.96. The molecular weight excluding hydrogens is 258 g/mol. The van der Waals surface area contributed by atoms with Gasteiger partial charge in [-0.3, -0.25) is 11.3 Å². The fourth-order valence-electron chi connectivity index (χ4n) is 2.93. The van der Waals surface area contributed by atoms with E-state index in [0.717, 1.165) is 30.5 Å². The number of hydrogen-bond acceptors (Lipinski definition) is 2. The van der Waals surface area contributed by atoms with E-state index in [0.29, 0.717) is 0 Å². The quantitative estimate of drug-likeness (QED) is 0.663. The van der Waals surface area contributed by atoms with Gasteiger partial charge in [0, 0.05) is 11.0 Å². The summed E-state index contributed by atoms with van der Waals surface area (Å²) in [6, 6.07) is 12.9. The average molecular weight is 274 g/mol. The first-order valence-corrected chi connectivity index (χ1v) is 6.64. The van der Waals surface area contributed by atoms with Crippen LogP contribution in [-0.4, -0.2) is 0 Å². The monoisotopic (exact) mass is 274 g/mol. The van der Waals surface area contributed by atoms with Crippen molar-refractivity contribution in [2.75, 3.05) is 0 Å². The van der Waals surface area contributed by atoms with Crippen LogP contribution in [0.1, 0.15) is 30.0 Å². The van der Waals surface area contributed by atoms with Crippen LogP contribution in [0.15, 0.2) is 48.5 Å². The molecule has 2 aromatic carbocycles. The molecule has 1 atom stereocenters. The van der Waals surface area contributed by atoms with E-state index >= 15 is 0 Å². The maximum absolute atomic E-state index is 14.0. The van der Waals surface area contributed by atoms with Gasteiger partial charge in [0.25, 0.3) is 0 Å². The lowest BCUT2D eigenvalue weighted by molar-refractivity contribution is 0.418. The molecule has 1 unspecified atom stereocenters. The lowest BCUT2D eigenvalue weighted by atomic mass is 9.84. The molecule has 20 heavy (non-hydrogen) atoms. The Morgan fingerprint density at radius 3 is 2.35 bits per heavy atom. The van der Waals surface area contributed by atoms with Crippen molar-refractivity contribution in [2.45, 2.75) is 24.3 Å². The number of hydrogen-bond donors (Lipinski definition) is 2. The van der Waals surface area contributed by atoms with Crippen LogP contribution in [0.25, 0.3) is 0 Å². The fourth-order valence-corrected chi connectivity index (χ4v) is 2.93. The molecule has 2 aromatic rings. The highest BCUT2D eigenvalue weighted by Crippen LogP contribution is 2.56. The largest absolute Gasteiger partial charge is 0.271 e. The Morgan fingerprint density at radius 1 is 1.05 bits per heavy atom. The molecule has 0 heterocycles. The number of nitrogens with two attached hydrogens (primary N) is 1. The van der Waals surface area contributed by atoms with Gasteiger partial charge in [-0.25, -0.2) is 8.78 Å². The smallest absolute Gasteiger partial charge is 0.128 e. The number of benzene rings is 2. The molecule has 0 saturated heterocycles. The molecule has 2 nitrogen and oxygen atoms in total. The standard InChI is InChI=1S/C16H16F2N2/c17-12-6-7-14(18)13(10-12)15(20-19)16(8-9-16)11-4-2-1-3-5-11/h1-7,10,15,20H,8-9,19H2. The van der Waals surface area contributed by atoms with Gasteiger partial charge in [0.15, 0.2) is 0 Å². The van der Waals surface area contributed by atoms with Gasteiger partial charge in [-0.2, -0.15) is 0 Å². The summed E-state index contributed by atoms with van der Waals surface area (Å²) in [5.41, 5.74) is 3.82. The van der Waals surface area contributed by atoms with Gasteiger partial charge in [-0.15, -0.1) is 0 Å². The van der Waals surface area contributed by atoms with Crippen LogP contribution in [0.3, 0.4) is 0 Å². The molecule has 0 radical (unpaired) electrons. The molecule has 0 amide bonds. The van der Waals surface area contributed by atoms with E-state index in [2.05, 4.69) is 5.43 Å². The minimum atomic E-state index is -0.453. The number of halogens is 2. The van der Waals surface area contributed by atoms with Crippen LogP contribution < -0.4 is 11.3 Å². The highest BCUT2D eigenvalue weighted by Gasteiger charge is 2.51. The van der Waals surface area contributed by atoms with Crippen molar-refractivity contribution in [2.24, 2.45) is 5.84 Å². The molecule has 1 saturated carbocycles. The van der Waals surface area contributed by atoms with E-state index in [1.165, 1.54) is 6.07 Å². The van der Waals surface area contributed by atoms with Gasteiger partial charge in [0.1, 0.15) is 11.6 Å². The van der Waals surface area contributed by atoms with Crippen LogP contribution in [0.2, 0.25) is 0 Å². The predicted octanol–water partition coefficient (Wildman–Crippen LogP) is 3.20. The second-order valence-corrected chi connectivity index (χ2v) is 5.29.